The van der Waals surface area contributed by atoms with Crippen molar-refractivity contribution in [2.24, 2.45) is 0 Å². The van der Waals surface area contributed by atoms with Crippen LogP contribution in [0.25, 0.3) is 0 Å². The molecular formula is C19H17Br2N3O2. The molecule has 0 saturated carbocycles. The summed E-state index contributed by atoms with van der Waals surface area (Å²) in [5.74, 6) is -0.329. The van der Waals surface area contributed by atoms with Crippen LogP contribution in [-0.4, -0.2) is 32.7 Å². The fourth-order valence-electron chi connectivity index (χ4n) is 2.63. The average molecular weight is 479 g/mol. The third-order valence-corrected chi connectivity index (χ3v) is 4.96. The Morgan fingerprint density at radius 3 is 2.65 bits per heavy atom. The van der Waals surface area contributed by atoms with Crippen LogP contribution in [0.5, 0.6) is 5.75 Å². The van der Waals surface area contributed by atoms with Crippen LogP contribution >= 0.6 is 31.9 Å². The van der Waals surface area contributed by atoms with Crippen LogP contribution in [0.3, 0.4) is 0 Å². The van der Waals surface area contributed by atoms with Crippen molar-refractivity contribution in [2.75, 3.05) is 7.05 Å². The summed E-state index contributed by atoms with van der Waals surface area (Å²) in [4.78, 5) is 14.2. The van der Waals surface area contributed by atoms with E-state index in [0.717, 1.165) is 15.6 Å². The van der Waals surface area contributed by atoms with Crippen molar-refractivity contribution in [3.8, 4) is 5.75 Å². The highest BCUT2D eigenvalue weighted by molar-refractivity contribution is 9.11. The lowest BCUT2D eigenvalue weighted by Gasteiger charge is -2.17. The molecule has 0 fully saturated rings. The van der Waals surface area contributed by atoms with E-state index in [1.54, 1.807) is 30.3 Å². The Bertz CT molecular complexity index is 926. The summed E-state index contributed by atoms with van der Waals surface area (Å²) in [6.07, 6.45) is 3.68. The highest BCUT2D eigenvalue weighted by Gasteiger charge is 2.19. The van der Waals surface area contributed by atoms with Crippen LogP contribution in [0.15, 0.2) is 63.8 Å². The van der Waals surface area contributed by atoms with E-state index in [-0.39, 0.29) is 17.2 Å². The Morgan fingerprint density at radius 2 is 1.92 bits per heavy atom. The first-order valence-corrected chi connectivity index (χ1v) is 9.51. The molecule has 0 aliphatic rings. The molecule has 1 heterocycles. The number of aromatic hydroxyl groups is 1. The lowest BCUT2D eigenvalue weighted by atomic mass is 10.1. The van der Waals surface area contributed by atoms with Gasteiger partial charge in [0, 0.05) is 29.8 Å². The van der Waals surface area contributed by atoms with Gasteiger partial charge in [-0.3, -0.25) is 9.48 Å². The fraction of sp³-hybridized carbons (Fsp3) is 0.158. The second-order valence-corrected chi connectivity index (χ2v) is 7.75. The van der Waals surface area contributed by atoms with Crippen molar-refractivity contribution in [1.82, 2.24) is 14.7 Å². The quantitative estimate of drug-likeness (QED) is 0.589. The first-order valence-electron chi connectivity index (χ1n) is 7.93. The van der Waals surface area contributed by atoms with Gasteiger partial charge in [-0.1, -0.05) is 46.3 Å². The maximum Gasteiger partial charge on any atom is 0.257 e. The van der Waals surface area contributed by atoms with Crippen molar-refractivity contribution in [1.29, 1.82) is 0 Å². The predicted octanol–water partition coefficient (Wildman–Crippen LogP) is 4.43. The lowest BCUT2D eigenvalue weighted by Crippen LogP contribution is -2.26. The molecule has 0 bridgehead atoms. The molecular weight excluding hydrogens is 462 g/mol. The number of hydrogen-bond donors (Lipinski definition) is 1. The van der Waals surface area contributed by atoms with E-state index < -0.39 is 0 Å². The molecule has 0 radical (unpaired) electrons. The molecule has 0 atom stereocenters. The van der Waals surface area contributed by atoms with Crippen LogP contribution in [-0.2, 0) is 13.1 Å². The number of rotatable bonds is 5. The zero-order valence-corrected chi connectivity index (χ0v) is 17.2. The summed E-state index contributed by atoms with van der Waals surface area (Å²) >= 11 is 6.59. The molecule has 0 unspecified atom stereocenters. The number of hydrogen-bond acceptors (Lipinski definition) is 3. The summed E-state index contributed by atoms with van der Waals surface area (Å²) in [5.41, 5.74) is 2.33. The number of amides is 1. The van der Waals surface area contributed by atoms with Gasteiger partial charge in [0.15, 0.2) is 0 Å². The standard InChI is InChI=1S/C19H17Br2N3O2/c1-23(19(26)16-7-15(20)8-17(21)18(16)25)10-14-9-22-24(12-14)11-13-5-3-2-4-6-13/h2-9,12,25H,10-11H2,1H3. The van der Waals surface area contributed by atoms with Gasteiger partial charge >= 0.3 is 0 Å². The van der Waals surface area contributed by atoms with Gasteiger partial charge in [0.1, 0.15) is 5.75 Å². The van der Waals surface area contributed by atoms with Gasteiger partial charge in [0.2, 0.25) is 0 Å². The van der Waals surface area contributed by atoms with Gasteiger partial charge in [0.05, 0.1) is 22.8 Å². The number of phenols is 1. The van der Waals surface area contributed by atoms with Crippen molar-refractivity contribution < 1.29 is 9.90 Å². The van der Waals surface area contributed by atoms with E-state index in [1.807, 2.05) is 41.2 Å². The van der Waals surface area contributed by atoms with Crippen molar-refractivity contribution in [3.05, 3.63) is 80.5 Å². The van der Waals surface area contributed by atoms with Crippen LogP contribution in [0.4, 0.5) is 0 Å². The molecule has 1 aromatic heterocycles. The smallest absolute Gasteiger partial charge is 0.257 e. The second-order valence-electron chi connectivity index (χ2n) is 5.98. The normalized spacial score (nSPS) is 10.7. The highest BCUT2D eigenvalue weighted by Crippen LogP contribution is 2.32. The van der Waals surface area contributed by atoms with E-state index in [2.05, 4.69) is 37.0 Å². The van der Waals surface area contributed by atoms with E-state index in [4.69, 9.17) is 0 Å². The fourth-order valence-corrected chi connectivity index (χ4v) is 3.85. The van der Waals surface area contributed by atoms with E-state index in [1.165, 1.54) is 0 Å². The van der Waals surface area contributed by atoms with Crippen LogP contribution < -0.4 is 0 Å². The Kier molecular flexibility index (Phi) is 5.78. The molecule has 7 heteroatoms. The molecule has 0 saturated heterocycles. The number of halogens is 2. The summed E-state index contributed by atoms with van der Waals surface area (Å²) in [7, 11) is 1.70. The number of carbonyl (C=O) groups excluding carboxylic acids is 1. The molecule has 26 heavy (non-hydrogen) atoms. The number of nitrogens with zero attached hydrogens (tertiary/aromatic N) is 3. The monoisotopic (exact) mass is 477 g/mol. The predicted molar refractivity (Wildman–Crippen MR) is 107 cm³/mol. The highest BCUT2D eigenvalue weighted by atomic mass is 79.9. The van der Waals surface area contributed by atoms with Crippen molar-refractivity contribution >= 4 is 37.8 Å². The average Bonchev–Trinajstić information content (AvgIpc) is 3.05. The first kappa shape index (κ1) is 18.7. The topological polar surface area (TPSA) is 58.4 Å². The second kappa shape index (κ2) is 8.05. The SMILES string of the molecule is CN(Cc1cnn(Cc2ccccc2)c1)C(=O)c1cc(Br)cc(Br)c1O. The molecule has 5 nitrogen and oxygen atoms in total. The Balaban J connectivity index is 1.70. The number of benzene rings is 2. The number of phenolic OH excluding ortho intramolecular Hbond substituents is 1. The summed E-state index contributed by atoms with van der Waals surface area (Å²) in [6.45, 7) is 1.08. The molecule has 0 spiro atoms. The Labute approximate surface area is 168 Å². The molecule has 1 N–H and O–H groups in total. The van der Waals surface area contributed by atoms with E-state index in [0.29, 0.717) is 17.6 Å². The minimum absolute atomic E-state index is 0.0650. The minimum atomic E-state index is -0.264. The molecule has 0 aliphatic heterocycles. The third-order valence-electron chi connectivity index (χ3n) is 3.90. The van der Waals surface area contributed by atoms with Gasteiger partial charge in [-0.25, -0.2) is 0 Å². The summed E-state index contributed by atoms with van der Waals surface area (Å²) < 4.78 is 3.03. The molecule has 3 rings (SSSR count). The summed E-state index contributed by atoms with van der Waals surface area (Å²) in [5, 5.41) is 14.5. The largest absolute Gasteiger partial charge is 0.506 e. The molecule has 0 aliphatic carbocycles. The zero-order valence-electron chi connectivity index (χ0n) is 14.1. The van der Waals surface area contributed by atoms with Crippen molar-refractivity contribution in [2.45, 2.75) is 13.1 Å². The maximum absolute atomic E-state index is 12.7. The summed E-state index contributed by atoms with van der Waals surface area (Å²) in [6, 6.07) is 13.4. The van der Waals surface area contributed by atoms with Crippen LogP contribution in [0, 0.1) is 0 Å². The number of aromatic nitrogens is 2. The molecule has 1 amide bonds. The van der Waals surface area contributed by atoms with Crippen LogP contribution in [0.2, 0.25) is 0 Å². The van der Waals surface area contributed by atoms with Gasteiger partial charge in [0.25, 0.3) is 5.91 Å². The maximum atomic E-state index is 12.7. The molecule has 2 aromatic carbocycles. The van der Waals surface area contributed by atoms with Gasteiger partial charge < -0.3 is 10.0 Å². The molecule has 3 aromatic rings. The zero-order chi connectivity index (χ0) is 18.7. The third kappa shape index (κ3) is 4.34. The van der Waals surface area contributed by atoms with Gasteiger partial charge in [-0.15, -0.1) is 0 Å². The van der Waals surface area contributed by atoms with Gasteiger partial charge in [-0.05, 0) is 33.6 Å². The van der Waals surface area contributed by atoms with Gasteiger partial charge in [-0.2, -0.15) is 5.10 Å². The Hall–Kier alpha value is -2.12. The van der Waals surface area contributed by atoms with Crippen LogP contribution in [0.1, 0.15) is 21.5 Å². The van der Waals surface area contributed by atoms with Crippen molar-refractivity contribution in [3.63, 3.8) is 0 Å². The molecule has 134 valence electrons. The van der Waals surface area contributed by atoms with E-state index in [9.17, 15) is 9.90 Å². The lowest BCUT2D eigenvalue weighted by molar-refractivity contribution is 0.0782. The first-order chi connectivity index (χ1) is 12.4. The van der Waals surface area contributed by atoms with E-state index >= 15 is 0 Å². The Morgan fingerprint density at radius 1 is 1.19 bits per heavy atom. The minimum Gasteiger partial charge on any atom is -0.506 e. The number of carbonyl (C=O) groups is 1.